The molecule has 1 aromatic carbocycles. The van der Waals surface area contributed by atoms with E-state index in [-0.39, 0.29) is 18.5 Å². The Hall–Kier alpha value is -1.12. The summed E-state index contributed by atoms with van der Waals surface area (Å²) >= 11 is 0. The first-order chi connectivity index (χ1) is 7.29. The molecule has 0 N–H and O–H groups in total. The Morgan fingerprint density at radius 2 is 2.00 bits per heavy atom. The van der Waals surface area contributed by atoms with Gasteiger partial charge in [-0.15, -0.1) is 6.58 Å². The van der Waals surface area contributed by atoms with Crippen LogP contribution in [0.1, 0.15) is 25.0 Å². The molecule has 80 valence electrons. The molecule has 2 nitrogen and oxygen atoms in total. The molecular weight excluding hydrogens is 188 g/mol. The van der Waals surface area contributed by atoms with Gasteiger partial charge in [-0.2, -0.15) is 0 Å². The predicted octanol–water partition coefficient (Wildman–Crippen LogP) is 3.07. The summed E-state index contributed by atoms with van der Waals surface area (Å²) in [5, 5.41) is 0. The van der Waals surface area contributed by atoms with Crippen molar-refractivity contribution in [2.45, 2.75) is 31.8 Å². The van der Waals surface area contributed by atoms with Crippen LogP contribution in [0.25, 0.3) is 0 Å². The zero-order valence-corrected chi connectivity index (χ0v) is 8.93. The summed E-state index contributed by atoms with van der Waals surface area (Å²) in [5.74, 6) is 0. The number of rotatable bonds is 2. The van der Waals surface area contributed by atoms with Crippen LogP contribution in [0.15, 0.2) is 43.0 Å². The van der Waals surface area contributed by atoms with Crippen molar-refractivity contribution in [3.8, 4) is 0 Å². The Kier molecular flexibility index (Phi) is 3.19. The maximum absolute atomic E-state index is 5.73. The molecule has 1 heterocycles. The molecule has 1 aromatic rings. The normalized spacial score (nSPS) is 31.1. The number of ether oxygens (including phenoxy) is 2. The van der Waals surface area contributed by atoms with Crippen LogP contribution >= 0.6 is 0 Å². The number of hydrogen-bond donors (Lipinski definition) is 0. The van der Waals surface area contributed by atoms with Crippen LogP contribution in [-0.4, -0.2) is 12.4 Å². The lowest BCUT2D eigenvalue weighted by Gasteiger charge is -2.33. The maximum atomic E-state index is 5.73. The van der Waals surface area contributed by atoms with E-state index in [1.54, 1.807) is 0 Å². The fourth-order valence-electron chi connectivity index (χ4n) is 1.87. The van der Waals surface area contributed by atoms with E-state index in [2.05, 4.69) is 18.7 Å². The molecule has 0 aliphatic carbocycles. The van der Waals surface area contributed by atoms with Gasteiger partial charge in [0.15, 0.2) is 6.29 Å². The maximum Gasteiger partial charge on any atom is 0.156 e. The molecule has 1 fully saturated rings. The van der Waals surface area contributed by atoms with Crippen molar-refractivity contribution in [1.82, 2.24) is 0 Å². The zero-order chi connectivity index (χ0) is 10.7. The van der Waals surface area contributed by atoms with Crippen molar-refractivity contribution in [2.75, 3.05) is 0 Å². The summed E-state index contributed by atoms with van der Waals surface area (Å²) in [4.78, 5) is 0. The van der Waals surface area contributed by atoms with Gasteiger partial charge in [0, 0.05) is 6.42 Å². The Labute approximate surface area is 90.5 Å². The second-order valence-corrected chi connectivity index (χ2v) is 3.75. The molecule has 1 aliphatic heterocycles. The number of benzene rings is 1. The van der Waals surface area contributed by atoms with Crippen molar-refractivity contribution in [1.29, 1.82) is 0 Å². The highest BCUT2D eigenvalue weighted by Crippen LogP contribution is 2.30. The zero-order valence-electron chi connectivity index (χ0n) is 8.93. The smallest absolute Gasteiger partial charge is 0.156 e. The van der Waals surface area contributed by atoms with Crippen molar-refractivity contribution in [3.05, 3.63) is 48.6 Å². The van der Waals surface area contributed by atoms with Crippen molar-refractivity contribution >= 4 is 0 Å². The fraction of sp³-hybridized carbons (Fsp3) is 0.385. The highest BCUT2D eigenvalue weighted by molar-refractivity contribution is 5.18. The minimum Gasteiger partial charge on any atom is -0.346 e. The average Bonchev–Trinajstić information content (AvgIpc) is 2.29. The van der Waals surface area contributed by atoms with Crippen molar-refractivity contribution < 1.29 is 9.47 Å². The lowest BCUT2D eigenvalue weighted by Crippen LogP contribution is -2.31. The summed E-state index contributed by atoms with van der Waals surface area (Å²) in [6, 6.07) is 10.2. The van der Waals surface area contributed by atoms with Gasteiger partial charge in [0.2, 0.25) is 0 Å². The van der Waals surface area contributed by atoms with E-state index in [1.165, 1.54) is 5.56 Å². The van der Waals surface area contributed by atoms with E-state index < -0.39 is 0 Å². The molecule has 0 aromatic heterocycles. The van der Waals surface area contributed by atoms with E-state index in [4.69, 9.17) is 9.47 Å². The molecule has 0 unspecified atom stereocenters. The van der Waals surface area contributed by atoms with E-state index in [0.29, 0.717) is 0 Å². The Balaban J connectivity index is 2.12. The van der Waals surface area contributed by atoms with Crippen molar-refractivity contribution in [2.24, 2.45) is 0 Å². The third-order valence-electron chi connectivity index (χ3n) is 2.60. The topological polar surface area (TPSA) is 18.5 Å². The molecule has 0 amide bonds. The minimum absolute atomic E-state index is 0.0963. The van der Waals surface area contributed by atoms with E-state index >= 15 is 0 Å². The first-order valence-electron chi connectivity index (χ1n) is 5.28. The molecule has 0 bridgehead atoms. The van der Waals surface area contributed by atoms with E-state index in [0.717, 1.165) is 6.42 Å². The molecule has 0 spiro atoms. The van der Waals surface area contributed by atoms with Gasteiger partial charge in [0.05, 0.1) is 12.2 Å². The molecule has 2 rings (SSSR count). The van der Waals surface area contributed by atoms with Crippen molar-refractivity contribution in [3.63, 3.8) is 0 Å². The highest BCUT2D eigenvalue weighted by atomic mass is 16.7. The second kappa shape index (κ2) is 4.60. The van der Waals surface area contributed by atoms with Gasteiger partial charge in [-0.25, -0.2) is 0 Å². The second-order valence-electron chi connectivity index (χ2n) is 3.75. The summed E-state index contributed by atoms with van der Waals surface area (Å²) < 4.78 is 11.3. The lowest BCUT2D eigenvalue weighted by atomic mass is 10.0. The Morgan fingerprint density at radius 1 is 1.27 bits per heavy atom. The van der Waals surface area contributed by atoms with Gasteiger partial charge in [-0.05, 0) is 12.5 Å². The third-order valence-corrected chi connectivity index (χ3v) is 2.60. The van der Waals surface area contributed by atoms with Crippen LogP contribution in [0.4, 0.5) is 0 Å². The standard InChI is InChI=1S/C13H16O2/c1-3-12-9-13(15-10(2)14-12)11-7-5-4-6-8-11/h3-8,10,12-13H,1,9H2,2H3/t10-,12-,13-/m0/s1. The minimum atomic E-state index is -0.160. The van der Waals surface area contributed by atoms with E-state index in [9.17, 15) is 0 Å². The highest BCUT2D eigenvalue weighted by Gasteiger charge is 2.26. The Morgan fingerprint density at radius 3 is 2.67 bits per heavy atom. The molecule has 1 aliphatic rings. The summed E-state index contributed by atoms with van der Waals surface area (Å²) in [6.45, 7) is 5.69. The van der Waals surface area contributed by atoms with Crippen LogP contribution in [0.5, 0.6) is 0 Å². The third kappa shape index (κ3) is 2.46. The largest absolute Gasteiger partial charge is 0.346 e. The van der Waals surface area contributed by atoms with Gasteiger partial charge in [-0.1, -0.05) is 36.4 Å². The Bertz CT molecular complexity index is 321. The first-order valence-corrected chi connectivity index (χ1v) is 5.28. The molecular formula is C13H16O2. The van der Waals surface area contributed by atoms with Crippen LogP contribution < -0.4 is 0 Å². The van der Waals surface area contributed by atoms with Gasteiger partial charge in [-0.3, -0.25) is 0 Å². The number of hydrogen-bond acceptors (Lipinski definition) is 2. The predicted molar refractivity (Wildman–Crippen MR) is 59.4 cm³/mol. The fourth-order valence-corrected chi connectivity index (χ4v) is 1.87. The molecule has 15 heavy (non-hydrogen) atoms. The molecule has 0 radical (unpaired) electrons. The molecule has 3 atom stereocenters. The summed E-state index contributed by atoms with van der Waals surface area (Å²) in [5.41, 5.74) is 1.21. The summed E-state index contributed by atoms with van der Waals surface area (Å²) in [6.07, 6.45) is 2.75. The molecule has 1 saturated heterocycles. The quantitative estimate of drug-likeness (QED) is 0.689. The molecule has 0 saturated carbocycles. The monoisotopic (exact) mass is 204 g/mol. The molecule has 2 heteroatoms. The van der Waals surface area contributed by atoms with Crippen LogP contribution in [0.2, 0.25) is 0 Å². The average molecular weight is 204 g/mol. The first kappa shape index (κ1) is 10.4. The lowest BCUT2D eigenvalue weighted by molar-refractivity contribution is -0.224. The van der Waals surface area contributed by atoms with Crippen LogP contribution in [0.3, 0.4) is 0 Å². The summed E-state index contributed by atoms with van der Waals surface area (Å²) in [7, 11) is 0. The van der Waals surface area contributed by atoms with Crippen LogP contribution in [-0.2, 0) is 9.47 Å². The van der Waals surface area contributed by atoms with Crippen LogP contribution in [0, 0.1) is 0 Å². The van der Waals surface area contributed by atoms with Gasteiger partial charge in [0.25, 0.3) is 0 Å². The van der Waals surface area contributed by atoms with E-state index in [1.807, 2.05) is 31.2 Å². The van der Waals surface area contributed by atoms with Gasteiger partial charge in [0.1, 0.15) is 0 Å². The SMILES string of the molecule is C=C[C@H]1C[C@@H](c2ccccc2)O[C@@H](C)O1. The van der Waals surface area contributed by atoms with Gasteiger partial charge < -0.3 is 9.47 Å². The van der Waals surface area contributed by atoms with Gasteiger partial charge >= 0.3 is 0 Å².